The van der Waals surface area contributed by atoms with Crippen LogP contribution in [0.25, 0.3) is 11.0 Å². The van der Waals surface area contributed by atoms with E-state index in [1.54, 1.807) is 6.26 Å². The van der Waals surface area contributed by atoms with Crippen molar-refractivity contribution >= 4 is 26.9 Å². The van der Waals surface area contributed by atoms with Crippen LogP contribution in [0.5, 0.6) is 0 Å². The highest BCUT2D eigenvalue weighted by atomic mass is 79.9. The third-order valence-corrected chi connectivity index (χ3v) is 3.08. The molecular weight excluding hydrogens is 272 g/mol. The number of hydrogen-bond acceptors (Lipinski definition) is 3. The van der Waals surface area contributed by atoms with Gasteiger partial charge in [0.05, 0.1) is 25.0 Å². The zero-order valence-corrected chi connectivity index (χ0v) is 10.2. The summed E-state index contributed by atoms with van der Waals surface area (Å²) in [5, 5.41) is 1.06. The number of halogens is 1. The molecule has 0 spiro atoms. The molecule has 1 aliphatic heterocycles. The van der Waals surface area contributed by atoms with E-state index in [4.69, 9.17) is 13.9 Å². The van der Waals surface area contributed by atoms with E-state index >= 15 is 0 Å². The van der Waals surface area contributed by atoms with Crippen LogP contribution in [-0.2, 0) is 9.47 Å². The van der Waals surface area contributed by atoms with E-state index in [1.807, 2.05) is 18.2 Å². The number of furan rings is 1. The van der Waals surface area contributed by atoms with Gasteiger partial charge < -0.3 is 13.9 Å². The Morgan fingerprint density at radius 1 is 1.19 bits per heavy atom. The zero-order valence-electron chi connectivity index (χ0n) is 8.61. The first-order chi connectivity index (χ1) is 7.84. The van der Waals surface area contributed by atoms with Gasteiger partial charge in [0.2, 0.25) is 0 Å². The van der Waals surface area contributed by atoms with E-state index in [1.165, 1.54) is 0 Å². The van der Waals surface area contributed by atoms with Crippen molar-refractivity contribution in [1.29, 1.82) is 0 Å². The van der Waals surface area contributed by atoms with Gasteiger partial charge in [-0.05, 0) is 24.6 Å². The first-order valence-electron chi connectivity index (χ1n) is 5.24. The minimum absolute atomic E-state index is 0.306. The Hall–Kier alpha value is -0.840. The lowest BCUT2D eigenvalue weighted by Gasteiger charge is -2.23. The highest BCUT2D eigenvalue weighted by Gasteiger charge is 2.21. The van der Waals surface area contributed by atoms with Gasteiger partial charge in [-0.15, -0.1) is 0 Å². The van der Waals surface area contributed by atoms with Crippen molar-refractivity contribution in [3.8, 4) is 0 Å². The Morgan fingerprint density at radius 3 is 2.81 bits per heavy atom. The summed E-state index contributed by atoms with van der Waals surface area (Å²) in [5.74, 6) is 0. The van der Waals surface area contributed by atoms with E-state index < -0.39 is 0 Å². The molecule has 1 aliphatic rings. The quantitative estimate of drug-likeness (QED) is 0.801. The molecule has 4 heteroatoms. The van der Waals surface area contributed by atoms with Crippen molar-refractivity contribution in [2.24, 2.45) is 0 Å². The maximum atomic E-state index is 5.59. The van der Waals surface area contributed by atoms with Gasteiger partial charge in [0.25, 0.3) is 0 Å². The van der Waals surface area contributed by atoms with Crippen molar-refractivity contribution in [1.82, 2.24) is 0 Å². The average Bonchev–Trinajstić information content (AvgIpc) is 2.77. The smallest absolute Gasteiger partial charge is 0.187 e. The van der Waals surface area contributed by atoms with Crippen LogP contribution >= 0.6 is 15.9 Å². The number of benzene rings is 1. The van der Waals surface area contributed by atoms with Crippen molar-refractivity contribution in [3.63, 3.8) is 0 Å². The molecule has 0 amide bonds. The lowest BCUT2D eigenvalue weighted by Crippen LogP contribution is -2.17. The second kappa shape index (κ2) is 4.20. The van der Waals surface area contributed by atoms with E-state index in [9.17, 15) is 0 Å². The van der Waals surface area contributed by atoms with Crippen molar-refractivity contribution < 1.29 is 13.9 Å². The molecule has 1 aromatic carbocycles. The van der Waals surface area contributed by atoms with Gasteiger partial charge in [-0.3, -0.25) is 0 Å². The molecule has 0 saturated carbocycles. The molecular formula is C12H11BrO3. The summed E-state index contributed by atoms with van der Waals surface area (Å²) >= 11 is 3.48. The van der Waals surface area contributed by atoms with Crippen LogP contribution in [0.3, 0.4) is 0 Å². The summed E-state index contributed by atoms with van der Waals surface area (Å²) in [6.45, 7) is 1.47. The predicted octanol–water partition coefficient (Wildman–Crippen LogP) is 3.63. The molecule has 0 aliphatic carbocycles. The van der Waals surface area contributed by atoms with Crippen LogP contribution < -0.4 is 0 Å². The normalized spacial score (nSPS) is 18.1. The highest BCUT2D eigenvalue weighted by Crippen LogP contribution is 2.33. The number of hydrogen-bond donors (Lipinski definition) is 0. The van der Waals surface area contributed by atoms with Gasteiger partial charge in [0.1, 0.15) is 5.58 Å². The lowest BCUT2D eigenvalue weighted by molar-refractivity contribution is -0.182. The van der Waals surface area contributed by atoms with E-state index in [0.717, 1.165) is 40.6 Å². The molecule has 1 fully saturated rings. The van der Waals surface area contributed by atoms with Crippen LogP contribution in [0, 0.1) is 0 Å². The third kappa shape index (κ3) is 1.77. The van der Waals surface area contributed by atoms with Crippen molar-refractivity contribution in [3.05, 3.63) is 34.5 Å². The Morgan fingerprint density at radius 2 is 2.00 bits per heavy atom. The summed E-state index contributed by atoms with van der Waals surface area (Å²) in [5.41, 5.74) is 1.80. The van der Waals surface area contributed by atoms with Crippen LogP contribution in [-0.4, -0.2) is 13.2 Å². The first kappa shape index (κ1) is 10.3. The van der Waals surface area contributed by atoms with Crippen molar-refractivity contribution in [2.45, 2.75) is 12.7 Å². The molecule has 0 radical (unpaired) electrons. The number of ether oxygens (including phenoxy) is 2. The van der Waals surface area contributed by atoms with Gasteiger partial charge in [-0.25, -0.2) is 0 Å². The largest absolute Gasteiger partial charge is 0.464 e. The zero-order chi connectivity index (χ0) is 11.0. The van der Waals surface area contributed by atoms with Gasteiger partial charge in [-0.1, -0.05) is 15.9 Å². The summed E-state index contributed by atoms with van der Waals surface area (Å²) in [7, 11) is 0. The van der Waals surface area contributed by atoms with Gasteiger partial charge >= 0.3 is 0 Å². The number of rotatable bonds is 1. The summed E-state index contributed by atoms with van der Waals surface area (Å²) < 4.78 is 17.7. The van der Waals surface area contributed by atoms with Crippen LogP contribution in [0.4, 0.5) is 0 Å². The molecule has 0 N–H and O–H groups in total. The minimum atomic E-state index is -0.306. The molecule has 3 rings (SSSR count). The van der Waals surface area contributed by atoms with Gasteiger partial charge in [-0.2, -0.15) is 0 Å². The fourth-order valence-electron chi connectivity index (χ4n) is 1.91. The molecule has 1 saturated heterocycles. The molecule has 2 aromatic rings. The predicted molar refractivity (Wildman–Crippen MR) is 63.2 cm³/mol. The van der Waals surface area contributed by atoms with E-state index in [0.29, 0.717) is 0 Å². The average molecular weight is 283 g/mol. The highest BCUT2D eigenvalue weighted by molar-refractivity contribution is 9.10. The third-order valence-electron chi connectivity index (χ3n) is 2.63. The molecule has 0 unspecified atom stereocenters. The first-order valence-corrected chi connectivity index (χ1v) is 6.04. The molecule has 16 heavy (non-hydrogen) atoms. The monoisotopic (exact) mass is 282 g/mol. The summed E-state index contributed by atoms with van der Waals surface area (Å²) in [6, 6.07) is 5.94. The number of fused-ring (bicyclic) bond motifs is 1. The topological polar surface area (TPSA) is 31.6 Å². The second-order valence-corrected chi connectivity index (χ2v) is 4.68. The molecule has 0 bridgehead atoms. The Balaban J connectivity index is 2.09. The Bertz CT molecular complexity index is 500. The molecule has 3 nitrogen and oxygen atoms in total. The summed E-state index contributed by atoms with van der Waals surface area (Å²) in [6.07, 6.45) is 2.33. The second-order valence-electron chi connectivity index (χ2n) is 3.76. The van der Waals surface area contributed by atoms with E-state index in [-0.39, 0.29) is 6.29 Å². The van der Waals surface area contributed by atoms with Gasteiger partial charge in [0.15, 0.2) is 6.29 Å². The standard InChI is InChI=1S/C12H11BrO3/c13-9-6-8-2-5-14-11(8)10(7-9)12-15-3-1-4-16-12/h2,5-7,12H,1,3-4H2. The Kier molecular flexibility index (Phi) is 2.71. The minimum Gasteiger partial charge on any atom is -0.464 e. The molecule has 1 aromatic heterocycles. The van der Waals surface area contributed by atoms with Crippen LogP contribution in [0.2, 0.25) is 0 Å². The SMILES string of the molecule is Brc1cc(C2OCCCO2)c2occc2c1. The van der Waals surface area contributed by atoms with Gasteiger partial charge in [0, 0.05) is 9.86 Å². The fraction of sp³-hybridized carbons (Fsp3) is 0.333. The van der Waals surface area contributed by atoms with Crippen LogP contribution in [0.15, 0.2) is 33.4 Å². The lowest BCUT2D eigenvalue weighted by atomic mass is 10.1. The molecule has 2 heterocycles. The Labute approximate surface area is 101 Å². The van der Waals surface area contributed by atoms with Crippen molar-refractivity contribution in [2.75, 3.05) is 13.2 Å². The van der Waals surface area contributed by atoms with E-state index in [2.05, 4.69) is 15.9 Å². The maximum Gasteiger partial charge on any atom is 0.187 e. The van der Waals surface area contributed by atoms with Crippen LogP contribution in [0.1, 0.15) is 18.3 Å². The summed E-state index contributed by atoms with van der Waals surface area (Å²) in [4.78, 5) is 0. The molecule has 84 valence electrons. The fourth-order valence-corrected chi connectivity index (χ4v) is 2.41. The maximum absolute atomic E-state index is 5.59. The molecule has 0 atom stereocenters.